The van der Waals surface area contributed by atoms with E-state index in [1.165, 1.54) is 19.3 Å². The van der Waals surface area contributed by atoms with Gasteiger partial charge in [-0.05, 0) is 55.7 Å². The molecule has 0 saturated carbocycles. The summed E-state index contributed by atoms with van der Waals surface area (Å²) in [5.74, 6) is 0.868. The summed E-state index contributed by atoms with van der Waals surface area (Å²) < 4.78 is 1.86. The molecule has 2 bridgehead atoms. The van der Waals surface area contributed by atoms with E-state index in [4.69, 9.17) is 0 Å². The third-order valence-corrected chi connectivity index (χ3v) is 5.17. The highest BCUT2D eigenvalue weighted by Gasteiger charge is 2.39. The average Bonchev–Trinajstić information content (AvgIpc) is 3.13. The number of fused-ring (bicyclic) bond motifs is 2. The molecule has 3 heterocycles. The molecule has 23 heavy (non-hydrogen) atoms. The fraction of sp³-hybridized carbons (Fsp3) is 0.588. The van der Waals surface area contributed by atoms with Crippen LogP contribution < -0.4 is 4.90 Å². The summed E-state index contributed by atoms with van der Waals surface area (Å²) in [7, 11) is 0. The fourth-order valence-electron chi connectivity index (χ4n) is 4.25. The van der Waals surface area contributed by atoms with Gasteiger partial charge in [-0.3, -0.25) is 4.90 Å². The minimum atomic E-state index is 0.609. The Bertz CT molecular complexity index is 652. The Morgan fingerprint density at radius 3 is 2.61 bits per heavy atom. The Hall–Kier alpha value is -1.95. The summed E-state index contributed by atoms with van der Waals surface area (Å²) in [5.41, 5.74) is 1.02. The maximum Gasteiger partial charge on any atom is 0.250 e. The number of rotatable bonds is 3. The molecule has 1 aromatic carbocycles. The monoisotopic (exact) mass is 312 g/mol. The molecular formula is C17H24N6. The number of hydrogen-bond acceptors (Lipinski definition) is 5. The summed E-state index contributed by atoms with van der Waals surface area (Å²) in [4.78, 5) is 5.07. The normalized spacial score (nSPS) is 25.1. The molecule has 2 unspecified atom stereocenters. The van der Waals surface area contributed by atoms with Gasteiger partial charge in [0.15, 0.2) is 0 Å². The molecule has 0 aliphatic carbocycles. The smallest absolute Gasteiger partial charge is 0.250 e. The zero-order chi connectivity index (χ0) is 15.8. The van der Waals surface area contributed by atoms with Crippen LogP contribution in [0.15, 0.2) is 30.3 Å². The van der Waals surface area contributed by atoms with Crippen molar-refractivity contribution in [3.05, 3.63) is 30.3 Å². The molecule has 2 aliphatic heterocycles. The van der Waals surface area contributed by atoms with Gasteiger partial charge in [0.1, 0.15) is 0 Å². The Morgan fingerprint density at radius 1 is 1.04 bits per heavy atom. The number of anilines is 1. The second-order valence-electron chi connectivity index (χ2n) is 6.89. The molecule has 0 spiro atoms. The van der Waals surface area contributed by atoms with Crippen LogP contribution in [0.5, 0.6) is 0 Å². The molecule has 2 fully saturated rings. The van der Waals surface area contributed by atoms with E-state index in [0.717, 1.165) is 24.7 Å². The van der Waals surface area contributed by atoms with Gasteiger partial charge in [-0.15, -0.1) is 0 Å². The quantitative estimate of drug-likeness (QED) is 0.869. The SMILES string of the molecule is CC(C)N1C2CCC1CN(c1nnnn1-c1ccccc1)CC2. The van der Waals surface area contributed by atoms with E-state index in [1.807, 2.05) is 35.0 Å². The van der Waals surface area contributed by atoms with Gasteiger partial charge in [0, 0.05) is 31.2 Å². The van der Waals surface area contributed by atoms with Crippen LogP contribution in [0.3, 0.4) is 0 Å². The molecule has 0 N–H and O–H groups in total. The Morgan fingerprint density at radius 2 is 1.83 bits per heavy atom. The predicted molar refractivity (Wildman–Crippen MR) is 89.8 cm³/mol. The van der Waals surface area contributed by atoms with Crippen LogP contribution in [-0.4, -0.2) is 56.3 Å². The van der Waals surface area contributed by atoms with Crippen molar-refractivity contribution in [1.29, 1.82) is 0 Å². The number of nitrogens with zero attached hydrogens (tertiary/aromatic N) is 6. The Kier molecular flexibility index (Phi) is 3.77. The highest BCUT2D eigenvalue weighted by Crippen LogP contribution is 2.33. The molecule has 6 heteroatoms. The number of para-hydroxylation sites is 1. The molecule has 122 valence electrons. The van der Waals surface area contributed by atoms with Crippen LogP contribution in [0, 0.1) is 0 Å². The van der Waals surface area contributed by atoms with Crippen LogP contribution in [0.2, 0.25) is 0 Å². The van der Waals surface area contributed by atoms with Crippen molar-refractivity contribution in [1.82, 2.24) is 25.1 Å². The molecule has 1 aromatic heterocycles. The van der Waals surface area contributed by atoms with Crippen LogP contribution in [0.1, 0.15) is 33.1 Å². The molecule has 2 aromatic rings. The second-order valence-corrected chi connectivity index (χ2v) is 6.89. The predicted octanol–water partition coefficient (Wildman–Crippen LogP) is 2.11. The third kappa shape index (κ3) is 2.61. The highest BCUT2D eigenvalue weighted by molar-refractivity contribution is 5.41. The molecule has 0 amide bonds. The lowest BCUT2D eigenvalue weighted by Gasteiger charge is -2.32. The summed E-state index contributed by atoms with van der Waals surface area (Å²) in [5, 5.41) is 12.5. The minimum Gasteiger partial charge on any atom is -0.338 e. The number of tetrazole rings is 1. The van der Waals surface area contributed by atoms with Crippen LogP contribution in [-0.2, 0) is 0 Å². The van der Waals surface area contributed by atoms with Crippen LogP contribution in [0.25, 0.3) is 5.69 Å². The number of hydrogen-bond donors (Lipinski definition) is 0. The van der Waals surface area contributed by atoms with E-state index in [0.29, 0.717) is 18.1 Å². The maximum absolute atomic E-state index is 4.32. The molecule has 6 nitrogen and oxygen atoms in total. The minimum absolute atomic E-state index is 0.609. The Balaban J connectivity index is 1.62. The molecular weight excluding hydrogens is 288 g/mol. The first-order valence-corrected chi connectivity index (χ1v) is 8.60. The van der Waals surface area contributed by atoms with Crippen molar-refractivity contribution < 1.29 is 0 Å². The summed E-state index contributed by atoms with van der Waals surface area (Å²) in [6, 6.07) is 12.1. The van der Waals surface area contributed by atoms with Gasteiger partial charge in [0.2, 0.25) is 5.95 Å². The number of benzene rings is 1. The van der Waals surface area contributed by atoms with Gasteiger partial charge in [0.25, 0.3) is 0 Å². The van der Waals surface area contributed by atoms with Gasteiger partial charge in [-0.25, -0.2) is 0 Å². The average molecular weight is 312 g/mol. The van der Waals surface area contributed by atoms with Crippen molar-refractivity contribution in [2.45, 2.75) is 51.2 Å². The maximum atomic E-state index is 4.32. The topological polar surface area (TPSA) is 50.1 Å². The largest absolute Gasteiger partial charge is 0.338 e. The first-order valence-electron chi connectivity index (χ1n) is 8.60. The van der Waals surface area contributed by atoms with E-state index >= 15 is 0 Å². The van der Waals surface area contributed by atoms with E-state index in [1.54, 1.807) is 0 Å². The van der Waals surface area contributed by atoms with Gasteiger partial charge >= 0.3 is 0 Å². The van der Waals surface area contributed by atoms with E-state index in [2.05, 4.69) is 39.2 Å². The first kappa shape index (κ1) is 14.6. The van der Waals surface area contributed by atoms with Crippen LogP contribution >= 0.6 is 0 Å². The molecule has 0 radical (unpaired) electrons. The lowest BCUT2D eigenvalue weighted by Crippen LogP contribution is -2.43. The Labute approximate surface area is 137 Å². The van der Waals surface area contributed by atoms with Gasteiger partial charge in [0.05, 0.1) is 5.69 Å². The van der Waals surface area contributed by atoms with E-state index in [9.17, 15) is 0 Å². The molecule has 2 saturated heterocycles. The fourth-order valence-corrected chi connectivity index (χ4v) is 4.25. The lowest BCUT2D eigenvalue weighted by atomic mass is 10.1. The number of aromatic nitrogens is 4. The van der Waals surface area contributed by atoms with Crippen molar-refractivity contribution >= 4 is 5.95 Å². The third-order valence-electron chi connectivity index (χ3n) is 5.17. The second kappa shape index (κ2) is 5.92. The highest BCUT2D eigenvalue weighted by atomic mass is 15.6. The van der Waals surface area contributed by atoms with E-state index in [-0.39, 0.29) is 0 Å². The van der Waals surface area contributed by atoms with Crippen LogP contribution in [0.4, 0.5) is 5.95 Å². The van der Waals surface area contributed by atoms with Gasteiger partial charge in [-0.2, -0.15) is 4.68 Å². The van der Waals surface area contributed by atoms with Crippen molar-refractivity contribution in [3.8, 4) is 5.69 Å². The molecule has 2 atom stereocenters. The van der Waals surface area contributed by atoms with Gasteiger partial charge in [-0.1, -0.05) is 23.3 Å². The summed E-state index contributed by atoms with van der Waals surface area (Å²) >= 11 is 0. The zero-order valence-electron chi connectivity index (χ0n) is 13.8. The summed E-state index contributed by atoms with van der Waals surface area (Å²) in [6.45, 7) is 6.67. The van der Waals surface area contributed by atoms with Crippen molar-refractivity contribution in [2.24, 2.45) is 0 Å². The molecule has 2 aliphatic rings. The molecule has 4 rings (SSSR count). The van der Waals surface area contributed by atoms with Crippen molar-refractivity contribution in [3.63, 3.8) is 0 Å². The zero-order valence-corrected chi connectivity index (χ0v) is 13.8. The summed E-state index contributed by atoms with van der Waals surface area (Å²) in [6.07, 6.45) is 3.81. The van der Waals surface area contributed by atoms with Crippen molar-refractivity contribution in [2.75, 3.05) is 18.0 Å². The standard InChI is InChI=1S/C17H24N6/c1-13(2)22-14-8-9-16(22)12-21(11-10-14)17-18-19-20-23(17)15-6-4-3-5-7-15/h3-7,13-14,16H,8-12H2,1-2H3. The van der Waals surface area contributed by atoms with E-state index < -0.39 is 0 Å². The van der Waals surface area contributed by atoms with Gasteiger partial charge < -0.3 is 4.90 Å². The lowest BCUT2D eigenvalue weighted by molar-refractivity contribution is 0.158. The first-order chi connectivity index (χ1) is 11.2.